The first kappa shape index (κ1) is 20.0. The van der Waals surface area contributed by atoms with Crippen molar-refractivity contribution in [3.63, 3.8) is 0 Å². The molecule has 0 spiro atoms. The normalized spacial score (nSPS) is 10.2. The molecule has 0 bridgehead atoms. The molecule has 2 aromatic rings. The second-order valence-electron chi connectivity index (χ2n) is 4.94. The zero-order chi connectivity index (χ0) is 19.1. The minimum absolute atomic E-state index is 0.0231. The van der Waals surface area contributed by atoms with Crippen molar-refractivity contribution in [3.8, 4) is 23.0 Å². The van der Waals surface area contributed by atoms with E-state index in [9.17, 15) is 4.79 Å². The number of hydrogen-bond acceptors (Lipinski definition) is 6. The van der Waals surface area contributed by atoms with Crippen LogP contribution in [0.2, 0.25) is 10.0 Å². The van der Waals surface area contributed by atoms with Gasteiger partial charge in [-0.3, -0.25) is 0 Å². The Hall–Kier alpha value is -2.31. The maximum absolute atomic E-state index is 12.3. The molecule has 2 rings (SSSR count). The van der Waals surface area contributed by atoms with Crippen molar-refractivity contribution < 1.29 is 28.5 Å². The van der Waals surface area contributed by atoms with Crippen LogP contribution in [-0.4, -0.2) is 40.5 Å². The zero-order valence-corrected chi connectivity index (χ0v) is 16.0. The summed E-state index contributed by atoms with van der Waals surface area (Å²) in [5.74, 6) is 0.873. The van der Waals surface area contributed by atoms with Gasteiger partial charge in [-0.25, -0.2) is 4.79 Å². The Morgan fingerprint density at radius 1 is 0.885 bits per heavy atom. The molecule has 0 atom stereocenters. The van der Waals surface area contributed by atoms with Crippen LogP contribution < -0.4 is 18.9 Å². The van der Waals surface area contributed by atoms with Crippen LogP contribution in [0.25, 0.3) is 0 Å². The van der Waals surface area contributed by atoms with Crippen molar-refractivity contribution in [1.82, 2.24) is 0 Å². The lowest BCUT2D eigenvalue weighted by Crippen LogP contribution is -2.14. The van der Waals surface area contributed by atoms with Crippen molar-refractivity contribution in [2.45, 2.75) is 0 Å². The Bertz CT molecular complexity index is 779. The van der Waals surface area contributed by atoms with Crippen molar-refractivity contribution in [1.29, 1.82) is 0 Å². The fourth-order valence-electron chi connectivity index (χ4n) is 2.22. The third-order valence-electron chi connectivity index (χ3n) is 3.39. The lowest BCUT2D eigenvalue weighted by molar-refractivity contribution is 0.0446. The van der Waals surface area contributed by atoms with Crippen LogP contribution in [0.15, 0.2) is 30.3 Å². The largest absolute Gasteiger partial charge is 0.493 e. The van der Waals surface area contributed by atoms with E-state index in [-0.39, 0.29) is 24.5 Å². The highest BCUT2D eigenvalue weighted by molar-refractivity contribution is 6.35. The molecule has 8 heteroatoms. The molecule has 0 unspecified atom stereocenters. The van der Waals surface area contributed by atoms with Gasteiger partial charge in [0.15, 0.2) is 11.5 Å². The van der Waals surface area contributed by atoms with E-state index < -0.39 is 5.97 Å². The Morgan fingerprint density at radius 2 is 1.58 bits per heavy atom. The van der Waals surface area contributed by atoms with Crippen LogP contribution in [0, 0.1) is 0 Å². The predicted octanol–water partition coefficient (Wildman–Crippen LogP) is 4.26. The molecule has 140 valence electrons. The molecule has 0 saturated carbocycles. The number of methoxy groups -OCH3 is 3. The summed E-state index contributed by atoms with van der Waals surface area (Å²) in [5.41, 5.74) is 0.217. The highest BCUT2D eigenvalue weighted by Gasteiger charge is 2.21. The smallest absolute Gasteiger partial charge is 0.342 e. The third kappa shape index (κ3) is 4.65. The summed E-state index contributed by atoms with van der Waals surface area (Å²) in [6.07, 6.45) is 0. The van der Waals surface area contributed by atoms with E-state index in [1.54, 1.807) is 30.3 Å². The summed E-state index contributed by atoms with van der Waals surface area (Å²) in [6.45, 7) is 0.151. The molecule has 0 aliphatic carbocycles. The van der Waals surface area contributed by atoms with Crippen molar-refractivity contribution in [2.75, 3.05) is 34.5 Å². The summed E-state index contributed by atoms with van der Waals surface area (Å²) in [6, 6.07) is 8.01. The molecule has 0 aliphatic rings. The fraction of sp³-hybridized carbons (Fsp3) is 0.278. The molecule has 6 nitrogen and oxygen atoms in total. The molecule has 0 heterocycles. The number of carbonyl (C=O) groups is 1. The number of hydrogen-bond donors (Lipinski definition) is 0. The van der Waals surface area contributed by atoms with Gasteiger partial charge in [-0.1, -0.05) is 23.2 Å². The predicted molar refractivity (Wildman–Crippen MR) is 98.3 cm³/mol. The second-order valence-corrected chi connectivity index (χ2v) is 5.78. The number of ether oxygens (including phenoxy) is 5. The third-order valence-corrected chi connectivity index (χ3v) is 3.92. The van der Waals surface area contributed by atoms with Gasteiger partial charge in [-0.2, -0.15) is 0 Å². The van der Waals surface area contributed by atoms with Crippen LogP contribution >= 0.6 is 23.2 Å². The number of esters is 1. The van der Waals surface area contributed by atoms with Gasteiger partial charge in [-0.05, 0) is 30.3 Å². The highest BCUT2D eigenvalue weighted by Crippen LogP contribution is 2.39. The van der Waals surface area contributed by atoms with Crippen molar-refractivity contribution in [3.05, 3.63) is 45.9 Å². The summed E-state index contributed by atoms with van der Waals surface area (Å²) in [7, 11) is 4.38. The average Bonchev–Trinajstić information content (AvgIpc) is 2.64. The van der Waals surface area contributed by atoms with Gasteiger partial charge < -0.3 is 23.7 Å². The Kier molecular flexibility index (Phi) is 7.24. The van der Waals surface area contributed by atoms with E-state index in [1.807, 2.05) is 0 Å². The minimum atomic E-state index is -0.575. The van der Waals surface area contributed by atoms with E-state index in [4.69, 9.17) is 46.9 Å². The van der Waals surface area contributed by atoms with E-state index in [1.165, 1.54) is 21.3 Å². The minimum Gasteiger partial charge on any atom is -0.493 e. The molecule has 0 fully saturated rings. The molecule has 0 amide bonds. The first-order valence-electron chi connectivity index (χ1n) is 7.55. The summed E-state index contributed by atoms with van der Waals surface area (Å²) >= 11 is 11.8. The van der Waals surface area contributed by atoms with Gasteiger partial charge in [0.25, 0.3) is 0 Å². The molecule has 26 heavy (non-hydrogen) atoms. The SMILES string of the molecule is COc1ccc(C(=O)OCCOc2ccc(Cl)cc2Cl)c(OC)c1OC. The van der Waals surface area contributed by atoms with E-state index in [0.717, 1.165) is 0 Å². The molecule has 0 aromatic heterocycles. The topological polar surface area (TPSA) is 63.2 Å². The summed E-state index contributed by atoms with van der Waals surface area (Å²) < 4.78 is 26.4. The van der Waals surface area contributed by atoms with Crippen molar-refractivity contribution >= 4 is 29.2 Å². The van der Waals surface area contributed by atoms with Crippen molar-refractivity contribution in [2.24, 2.45) is 0 Å². The quantitative estimate of drug-likeness (QED) is 0.487. The maximum Gasteiger partial charge on any atom is 0.342 e. The number of benzene rings is 2. The van der Waals surface area contributed by atoms with Crippen LogP contribution in [0.3, 0.4) is 0 Å². The van der Waals surface area contributed by atoms with Gasteiger partial charge in [0, 0.05) is 5.02 Å². The second kappa shape index (κ2) is 9.40. The Morgan fingerprint density at radius 3 is 2.19 bits per heavy atom. The summed E-state index contributed by atoms with van der Waals surface area (Å²) in [4.78, 5) is 12.3. The summed E-state index contributed by atoms with van der Waals surface area (Å²) in [5, 5.41) is 0.889. The molecule has 2 aromatic carbocycles. The standard InChI is InChI=1S/C18H18Cl2O6/c1-22-15-7-5-12(16(23-2)17(15)24-3)18(21)26-9-8-25-14-6-4-11(19)10-13(14)20/h4-7,10H,8-9H2,1-3H3. The maximum atomic E-state index is 12.3. The van der Waals surface area contributed by atoms with Gasteiger partial charge in [0.1, 0.15) is 24.5 Å². The average molecular weight is 401 g/mol. The lowest BCUT2D eigenvalue weighted by atomic mass is 10.1. The van der Waals surface area contributed by atoms with Gasteiger partial charge in [-0.15, -0.1) is 0 Å². The molecular formula is C18H18Cl2O6. The number of rotatable bonds is 8. The molecular weight excluding hydrogens is 383 g/mol. The van der Waals surface area contributed by atoms with Gasteiger partial charge >= 0.3 is 5.97 Å². The fourth-order valence-corrected chi connectivity index (χ4v) is 2.68. The van der Waals surface area contributed by atoms with Crippen LogP contribution in [-0.2, 0) is 4.74 Å². The lowest BCUT2D eigenvalue weighted by Gasteiger charge is -2.15. The monoisotopic (exact) mass is 400 g/mol. The zero-order valence-electron chi connectivity index (χ0n) is 14.5. The molecule has 0 N–H and O–H groups in total. The Labute approximate surface area is 161 Å². The first-order valence-corrected chi connectivity index (χ1v) is 8.31. The first-order chi connectivity index (χ1) is 12.5. The van der Waals surface area contributed by atoms with Gasteiger partial charge in [0.05, 0.1) is 26.4 Å². The van der Waals surface area contributed by atoms with E-state index in [2.05, 4.69) is 0 Å². The Balaban J connectivity index is 1.99. The van der Waals surface area contributed by atoms with Crippen LogP contribution in [0.1, 0.15) is 10.4 Å². The number of carbonyl (C=O) groups excluding carboxylic acids is 1. The molecule has 0 radical (unpaired) electrons. The van der Waals surface area contributed by atoms with Gasteiger partial charge in [0.2, 0.25) is 5.75 Å². The van der Waals surface area contributed by atoms with E-state index in [0.29, 0.717) is 27.3 Å². The highest BCUT2D eigenvalue weighted by atomic mass is 35.5. The van der Waals surface area contributed by atoms with Crippen LogP contribution in [0.4, 0.5) is 0 Å². The number of halogens is 2. The van der Waals surface area contributed by atoms with E-state index >= 15 is 0 Å². The molecule has 0 aliphatic heterocycles. The molecule has 0 saturated heterocycles. The van der Waals surface area contributed by atoms with Crippen LogP contribution in [0.5, 0.6) is 23.0 Å².